The number of nitrogens with one attached hydrogen (secondary N) is 1. The van der Waals surface area contributed by atoms with Gasteiger partial charge in [0, 0.05) is 13.3 Å². The fraction of sp³-hybridized carbons (Fsp3) is 0.278. The van der Waals surface area contributed by atoms with Gasteiger partial charge in [0.05, 0.1) is 13.7 Å². The Hall–Kier alpha value is -2.93. The second-order valence-electron chi connectivity index (χ2n) is 5.04. The van der Waals surface area contributed by atoms with Gasteiger partial charge >= 0.3 is 5.97 Å². The predicted molar refractivity (Wildman–Crippen MR) is 90.3 cm³/mol. The Labute approximate surface area is 145 Å². The van der Waals surface area contributed by atoms with Gasteiger partial charge in [0.1, 0.15) is 12.2 Å². The molecule has 7 nitrogen and oxygen atoms in total. The molecule has 0 radical (unpaired) electrons. The molecule has 1 amide bonds. The van der Waals surface area contributed by atoms with Crippen LogP contribution in [0.1, 0.15) is 22.0 Å². The highest BCUT2D eigenvalue weighted by Gasteiger charge is 2.25. The molecule has 1 atom stereocenters. The van der Waals surface area contributed by atoms with Crippen molar-refractivity contribution in [1.82, 2.24) is 10.3 Å². The minimum atomic E-state index is -0.925. The van der Waals surface area contributed by atoms with Crippen molar-refractivity contribution < 1.29 is 23.8 Å². The lowest BCUT2D eigenvalue weighted by Gasteiger charge is -2.17. The van der Waals surface area contributed by atoms with Crippen LogP contribution in [0.3, 0.4) is 0 Å². The molecule has 2 aromatic rings. The number of amides is 1. The molecule has 0 bridgehead atoms. The third kappa shape index (κ3) is 5.02. The second-order valence-corrected chi connectivity index (χ2v) is 5.04. The smallest absolute Gasteiger partial charge is 0.333 e. The zero-order chi connectivity index (χ0) is 18.1. The van der Waals surface area contributed by atoms with Gasteiger partial charge in [0.25, 0.3) is 5.91 Å². The van der Waals surface area contributed by atoms with Gasteiger partial charge in [-0.05, 0) is 17.7 Å². The number of aromatic nitrogens is 1. The van der Waals surface area contributed by atoms with E-state index in [1.54, 1.807) is 43.5 Å². The highest BCUT2D eigenvalue weighted by Crippen LogP contribution is 2.18. The first-order valence-electron chi connectivity index (χ1n) is 7.67. The summed E-state index contributed by atoms with van der Waals surface area (Å²) < 4.78 is 15.2. The topological polar surface area (TPSA) is 86.8 Å². The van der Waals surface area contributed by atoms with Gasteiger partial charge in [0.2, 0.25) is 5.88 Å². The summed E-state index contributed by atoms with van der Waals surface area (Å²) in [6.07, 6.45) is 1.52. The van der Waals surface area contributed by atoms with Crippen molar-refractivity contribution >= 4 is 11.9 Å². The minimum absolute atomic E-state index is 0.175. The molecule has 7 heteroatoms. The van der Waals surface area contributed by atoms with Crippen molar-refractivity contribution in [2.45, 2.75) is 6.04 Å². The summed E-state index contributed by atoms with van der Waals surface area (Å²) in [5, 5.41) is 2.67. The maximum absolute atomic E-state index is 12.6. The highest BCUT2D eigenvalue weighted by molar-refractivity contribution is 5.98. The monoisotopic (exact) mass is 344 g/mol. The van der Waals surface area contributed by atoms with Crippen LogP contribution in [-0.4, -0.2) is 44.3 Å². The van der Waals surface area contributed by atoms with Crippen LogP contribution in [0.15, 0.2) is 48.7 Å². The lowest BCUT2D eigenvalue weighted by atomic mass is 10.1. The summed E-state index contributed by atoms with van der Waals surface area (Å²) in [6, 6.07) is 11.1. The number of ether oxygens (including phenoxy) is 3. The fourth-order valence-electron chi connectivity index (χ4n) is 2.15. The number of rotatable bonds is 8. The van der Waals surface area contributed by atoms with Crippen LogP contribution in [0.25, 0.3) is 0 Å². The molecule has 1 unspecified atom stereocenters. The highest BCUT2D eigenvalue weighted by atomic mass is 16.5. The summed E-state index contributed by atoms with van der Waals surface area (Å²) in [6.45, 7) is 0.624. The van der Waals surface area contributed by atoms with E-state index in [0.717, 1.165) is 0 Å². The molecular formula is C18H20N2O5. The van der Waals surface area contributed by atoms with Crippen molar-refractivity contribution in [3.63, 3.8) is 0 Å². The van der Waals surface area contributed by atoms with Gasteiger partial charge in [-0.15, -0.1) is 0 Å². The summed E-state index contributed by atoms with van der Waals surface area (Å²) in [7, 11) is 2.82. The number of pyridine rings is 1. The Morgan fingerprint density at radius 2 is 1.84 bits per heavy atom. The zero-order valence-electron chi connectivity index (χ0n) is 14.1. The van der Waals surface area contributed by atoms with Crippen LogP contribution in [0, 0.1) is 0 Å². The lowest BCUT2D eigenvalue weighted by molar-refractivity contribution is -0.143. The van der Waals surface area contributed by atoms with E-state index in [1.807, 2.05) is 6.07 Å². The van der Waals surface area contributed by atoms with Crippen molar-refractivity contribution in [2.75, 3.05) is 27.4 Å². The third-order valence-electron chi connectivity index (χ3n) is 3.39. The van der Waals surface area contributed by atoms with Crippen LogP contribution in [0.5, 0.6) is 5.88 Å². The average molecular weight is 344 g/mol. The number of carbonyl (C=O) groups excluding carboxylic acids is 2. The molecule has 0 spiro atoms. The normalized spacial score (nSPS) is 11.4. The quantitative estimate of drug-likeness (QED) is 0.580. The Morgan fingerprint density at radius 3 is 2.52 bits per heavy atom. The molecule has 1 N–H and O–H groups in total. The Kier molecular flexibility index (Phi) is 6.91. The Bertz CT molecular complexity index is 706. The van der Waals surface area contributed by atoms with Crippen LogP contribution in [0.4, 0.5) is 0 Å². The van der Waals surface area contributed by atoms with E-state index in [9.17, 15) is 9.59 Å². The van der Waals surface area contributed by atoms with Gasteiger partial charge in [-0.2, -0.15) is 0 Å². The van der Waals surface area contributed by atoms with Gasteiger partial charge in [-0.1, -0.05) is 30.3 Å². The van der Waals surface area contributed by atoms with Gasteiger partial charge < -0.3 is 19.5 Å². The van der Waals surface area contributed by atoms with E-state index in [1.165, 1.54) is 13.3 Å². The maximum atomic E-state index is 12.6. The van der Waals surface area contributed by atoms with E-state index >= 15 is 0 Å². The van der Waals surface area contributed by atoms with Crippen LogP contribution < -0.4 is 10.1 Å². The van der Waals surface area contributed by atoms with E-state index in [4.69, 9.17) is 14.2 Å². The first-order chi connectivity index (χ1) is 12.2. The number of carbonyl (C=O) groups is 2. The fourth-order valence-corrected chi connectivity index (χ4v) is 2.15. The number of methoxy groups -OCH3 is 2. The standard InChI is InChI=1S/C18H20N2O5/c1-23-11-12-25-17-14(9-6-10-19-17)16(21)20-15(18(22)24-2)13-7-4-3-5-8-13/h3-10,15H,11-12H2,1-2H3,(H,20,21). The van der Waals surface area contributed by atoms with Crippen molar-refractivity contribution in [3.8, 4) is 5.88 Å². The third-order valence-corrected chi connectivity index (χ3v) is 3.39. The van der Waals surface area contributed by atoms with E-state index in [0.29, 0.717) is 12.2 Å². The SMILES string of the molecule is COCCOc1ncccc1C(=O)NC(C(=O)OC)c1ccccc1. The zero-order valence-corrected chi connectivity index (χ0v) is 14.1. The van der Waals surface area contributed by atoms with Crippen molar-refractivity contribution in [3.05, 3.63) is 59.8 Å². The molecule has 1 aromatic carbocycles. The molecule has 0 aliphatic rings. The summed E-state index contributed by atoms with van der Waals surface area (Å²) in [5.74, 6) is -0.876. The van der Waals surface area contributed by atoms with Crippen molar-refractivity contribution in [1.29, 1.82) is 0 Å². The molecular weight excluding hydrogens is 324 g/mol. The van der Waals surface area contributed by atoms with Crippen molar-refractivity contribution in [2.24, 2.45) is 0 Å². The van der Waals surface area contributed by atoms with Gasteiger partial charge in [-0.3, -0.25) is 4.79 Å². The second kappa shape index (κ2) is 9.39. The number of nitrogens with zero attached hydrogens (tertiary/aromatic N) is 1. The summed E-state index contributed by atoms with van der Waals surface area (Å²) >= 11 is 0. The van der Waals surface area contributed by atoms with Gasteiger partial charge in [0.15, 0.2) is 6.04 Å². The van der Waals surface area contributed by atoms with Gasteiger partial charge in [-0.25, -0.2) is 9.78 Å². The molecule has 25 heavy (non-hydrogen) atoms. The minimum Gasteiger partial charge on any atom is -0.475 e. The average Bonchev–Trinajstić information content (AvgIpc) is 2.66. The van der Waals surface area contributed by atoms with Crippen LogP contribution >= 0.6 is 0 Å². The molecule has 1 heterocycles. The largest absolute Gasteiger partial charge is 0.475 e. The molecule has 0 fully saturated rings. The molecule has 0 saturated carbocycles. The summed E-state index contributed by atoms with van der Waals surface area (Å²) in [4.78, 5) is 28.8. The maximum Gasteiger partial charge on any atom is 0.333 e. The molecule has 0 aliphatic carbocycles. The van der Waals surface area contributed by atoms with E-state index in [2.05, 4.69) is 10.3 Å². The Balaban J connectivity index is 2.20. The summed E-state index contributed by atoms with van der Waals surface area (Å²) in [5.41, 5.74) is 0.844. The number of hydrogen-bond donors (Lipinski definition) is 1. The number of esters is 1. The van der Waals surface area contributed by atoms with Crippen LogP contribution in [0.2, 0.25) is 0 Å². The molecule has 132 valence electrons. The van der Waals surface area contributed by atoms with E-state index in [-0.39, 0.29) is 18.1 Å². The molecule has 1 aromatic heterocycles. The predicted octanol–water partition coefficient (Wildman–Crippen LogP) is 1.75. The number of hydrogen-bond acceptors (Lipinski definition) is 6. The number of benzene rings is 1. The van der Waals surface area contributed by atoms with E-state index < -0.39 is 17.9 Å². The Morgan fingerprint density at radius 1 is 1.08 bits per heavy atom. The first kappa shape index (κ1) is 18.4. The molecule has 2 rings (SSSR count). The lowest BCUT2D eigenvalue weighted by Crippen LogP contribution is -2.34. The molecule has 0 saturated heterocycles. The first-order valence-corrected chi connectivity index (χ1v) is 7.67. The van der Waals surface area contributed by atoms with Crippen LogP contribution in [-0.2, 0) is 14.3 Å². The molecule has 0 aliphatic heterocycles.